The number of rotatable bonds is 7. The Kier molecular flexibility index (Phi) is 6.74. The molecule has 0 unspecified atom stereocenters. The van der Waals surface area contributed by atoms with E-state index < -0.39 is 0 Å². The van der Waals surface area contributed by atoms with Gasteiger partial charge in [-0.2, -0.15) is 12.6 Å². The summed E-state index contributed by atoms with van der Waals surface area (Å²) in [6.45, 7) is 4.12. The predicted octanol–water partition coefficient (Wildman–Crippen LogP) is 4.07. The van der Waals surface area contributed by atoms with Gasteiger partial charge >= 0.3 is 0 Å². The first-order valence-corrected chi connectivity index (χ1v) is 7.15. The number of hydrogen-bond acceptors (Lipinski definition) is 2. The molecule has 0 amide bonds. The van der Waals surface area contributed by atoms with E-state index in [-0.39, 0.29) is 0 Å². The van der Waals surface area contributed by atoms with Crippen molar-refractivity contribution in [3.8, 4) is 0 Å². The molecule has 0 atom stereocenters. The van der Waals surface area contributed by atoms with Crippen molar-refractivity contribution < 1.29 is 4.74 Å². The summed E-state index contributed by atoms with van der Waals surface area (Å²) in [7, 11) is 0. The number of ether oxygens (including phenoxy) is 1. The number of thiol groups is 1. The van der Waals surface area contributed by atoms with E-state index in [0.29, 0.717) is 5.41 Å². The molecule has 0 saturated heterocycles. The Balaban J connectivity index is 2.15. The van der Waals surface area contributed by atoms with Crippen molar-refractivity contribution >= 4 is 12.6 Å². The van der Waals surface area contributed by atoms with Crippen LogP contribution in [0.4, 0.5) is 0 Å². The molecule has 1 aliphatic carbocycles. The van der Waals surface area contributed by atoms with Gasteiger partial charge in [0.05, 0.1) is 6.61 Å². The monoisotopic (exact) mass is 230 g/mol. The molecule has 2 heteroatoms. The van der Waals surface area contributed by atoms with E-state index in [1.165, 1.54) is 51.4 Å². The highest BCUT2D eigenvalue weighted by molar-refractivity contribution is 7.80. The maximum absolute atomic E-state index is 5.82. The number of hydrogen-bond donors (Lipinski definition) is 1. The van der Waals surface area contributed by atoms with Crippen LogP contribution in [-0.4, -0.2) is 19.0 Å². The molecule has 1 saturated carbocycles. The van der Waals surface area contributed by atoms with E-state index in [1.807, 2.05) is 0 Å². The van der Waals surface area contributed by atoms with Crippen molar-refractivity contribution in [2.75, 3.05) is 19.0 Å². The zero-order valence-corrected chi connectivity index (χ0v) is 11.0. The topological polar surface area (TPSA) is 9.23 Å². The van der Waals surface area contributed by atoms with Crippen molar-refractivity contribution in [1.82, 2.24) is 0 Å². The normalized spacial score (nSPS) is 20.4. The first kappa shape index (κ1) is 13.4. The van der Waals surface area contributed by atoms with Gasteiger partial charge in [-0.3, -0.25) is 0 Å². The summed E-state index contributed by atoms with van der Waals surface area (Å²) in [6, 6.07) is 0. The van der Waals surface area contributed by atoms with Crippen LogP contribution in [-0.2, 0) is 4.74 Å². The largest absolute Gasteiger partial charge is 0.381 e. The van der Waals surface area contributed by atoms with E-state index in [1.54, 1.807) is 0 Å². The molecule has 1 nitrogen and oxygen atoms in total. The third-order valence-corrected chi connectivity index (χ3v) is 4.22. The Morgan fingerprint density at radius 2 is 1.87 bits per heavy atom. The summed E-state index contributed by atoms with van der Waals surface area (Å²) >= 11 is 4.51. The third kappa shape index (κ3) is 4.78. The minimum atomic E-state index is 0.410. The van der Waals surface area contributed by atoms with Gasteiger partial charge in [0.2, 0.25) is 0 Å². The Hall–Kier alpha value is 0.310. The summed E-state index contributed by atoms with van der Waals surface area (Å²) in [6.07, 6.45) is 10.6. The van der Waals surface area contributed by atoms with Crippen LogP contribution >= 0.6 is 12.6 Å². The highest BCUT2D eigenvalue weighted by atomic mass is 32.1. The van der Waals surface area contributed by atoms with Gasteiger partial charge in [-0.25, -0.2) is 0 Å². The summed E-state index contributed by atoms with van der Waals surface area (Å²) in [5, 5.41) is 0. The quantitative estimate of drug-likeness (QED) is 0.512. The van der Waals surface area contributed by atoms with Gasteiger partial charge in [0.25, 0.3) is 0 Å². The van der Waals surface area contributed by atoms with Gasteiger partial charge < -0.3 is 4.74 Å². The molecule has 1 rings (SSSR count). The Morgan fingerprint density at radius 3 is 2.47 bits per heavy atom. The molecular weight excluding hydrogens is 204 g/mol. The van der Waals surface area contributed by atoms with Gasteiger partial charge in [0, 0.05) is 12.0 Å². The Morgan fingerprint density at radius 1 is 1.13 bits per heavy atom. The van der Waals surface area contributed by atoms with Crippen molar-refractivity contribution in [3.63, 3.8) is 0 Å². The summed E-state index contributed by atoms with van der Waals surface area (Å²) in [5.74, 6) is 1.00. The van der Waals surface area contributed by atoms with Crippen molar-refractivity contribution in [2.24, 2.45) is 5.41 Å². The van der Waals surface area contributed by atoms with Gasteiger partial charge in [-0.1, -0.05) is 39.0 Å². The van der Waals surface area contributed by atoms with Gasteiger partial charge in [0.1, 0.15) is 0 Å². The molecule has 0 heterocycles. The fourth-order valence-corrected chi connectivity index (χ4v) is 2.80. The van der Waals surface area contributed by atoms with E-state index in [9.17, 15) is 0 Å². The second-order valence-corrected chi connectivity index (χ2v) is 5.29. The molecule has 0 aromatic rings. The second-order valence-electron chi connectivity index (χ2n) is 4.98. The zero-order valence-electron chi connectivity index (χ0n) is 10.1. The minimum absolute atomic E-state index is 0.410. The molecule has 0 spiro atoms. The Labute approximate surface area is 100 Å². The third-order valence-electron chi connectivity index (χ3n) is 3.55. The first-order chi connectivity index (χ1) is 7.33. The van der Waals surface area contributed by atoms with Crippen molar-refractivity contribution in [2.45, 2.75) is 58.3 Å². The smallest absolute Gasteiger partial charge is 0.0530 e. The lowest BCUT2D eigenvalue weighted by Gasteiger charge is -2.35. The predicted molar refractivity (Wildman–Crippen MR) is 69.7 cm³/mol. The molecule has 0 N–H and O–H groups in total. The molecule has 0 aliphatic heterocycles. The van der Waals surface area contributed by atoms with Gasteiger partial charge in [-0.15, -0.1) is 0 Å². The molecule has 90 valence electrons. The fourth-order valence-electron chi connectivity index (χ4n) is 2.39. The molecular formula is C13H26OS. The van der Waals surface area contributed by atoms with Gasteiger partial charge in [0.15, 0.2) is 0 Å². The molecule has 1 fully saturated rings. The lowest BCUT2D eigenvalue weighted by atomic mass is 9.76. The van der Waals surface area contributed by atoms with Crippen molar-refractivity contribution in [3.05, 3.63) is 0 Å². The van der Waals surface area contributed by atoms with Crippen LogP contribution in [0.3, 0.4) is 0 Å². The molecule has 15 heavy (non-hydrogen) atoms. The summed E-state index contributed by atoms with van der Waals surface area (Å²) < 4.78 is 5.82. The van der Waals surface area contributed by atoms with Crippen LogP contribution in [0.2, 0.25) is 0 Å². The Bertz CT molecular complexity index is 153. The van der Waals surface area contributed by atoms with E-state index in [0.717, 1.165) is 19.0 Å². The van der Waals surface area contributed by atoms with E-state index in [2.05, 4.69) is 19.6 Å². The van der Waals surface area contributed by atoms with Crippen LogP contribution < -0.4 is 0 Å². The summed E-state index contributed by atoms with van der Waals surface area (Å²) in [4.78, 5) is 0. The molecule has 0 aromatic carbocycles. The van der Waals surface area contributed by atoms with Crippen LogP contribution in [0.25, 0.3) is 0 Å². The van der Waals surface area contributed by atoms with Crippen LogP contribution in [0.15, 0.2) is 0 Å². The van der Waals surface area contributed by atoms with Crippen LogP contribution in [0.1, 0.15) is 58.3 Å². The standard InChI is InChI=1S/C13H26OS/c1-2-3-7-10-14-11-13(12-15)8-5-4-6-9-13/h15H,2-12H2,1H3. The van der Waals surface area contributed by atoms with Crippen LogP contribution in [0, 0.1) is 5.41 Å². The summed E-state index contributed by atoms with van der Waals surface area (Å²) in [5.41, 5.74) is 0.410. The lowest BCUT2D eigenvalue weighted by Crippen LogP contribution is -2.31. The lowest BCUT2D eigenvalue weighted by molar-refractivity contribution is 0.0328. The molecule has 1 aliphatic rings. The average molecular weight is 230 g/mol. The van der Waals surface area contributed by atoms with Gasteiger partial charge in [-0.05, 0) is 25.0 Å². The fraction of sp³-hybridized carbons (Fsp3) is 1.00. The second kappa shape index (κ2) is 7.56. The minimum Gasteiger partial charge on any atom is -0.381 e. The van der Waals surface area contributed by atoms with E-state index in [4.69, 9.17) is 4.74 Å². The molecule has 0 aromatic heterocycles. The zero-order chi connectivity index (χ0) is 11.0. The molecule has 0 radical (unpaired) electrons. The number of unbranched alkanes of at least 4 members (excludes halogenated alkanes) is 2. The SMILES string of the molecule is CCCCCOCC1(CS)CCCCC1. The first-order valence-electron chi connectivity index (χ1n) is 6.51. The van der Waals surface area contributed by atoms with E-state index >= 15 is 0 Å². The van der Waals surface area contributed by atoms with Crippen molar-refractivity contribution in [1.29, 1.82) is 0 Å². The molecule has 0 bridgehead atoms. The maximum atomic E-state index is 5.82. The maximum Gasteiger partial charge on any atom is 0.0530 e. The highest BCUT2D eigenvalue weighted by Crippen LogP contribution is 2.37. The highest BCUT2D eigenvalue weighted by Gasteiger charge is 2.30. The van der Waals surface area contributed by atoms with Crippen LogP contribution in [0.5, 0.6) is 0 Å². The average Bonchev–Trinajstić information content (AvgIpc) is 2.30.